The number of hydrogen-bond donors (Lipinski definition) is 2. The van der Waals surface area contributed by atoms with E-state index in [1.165, 1.54) is 33.3 Å². The molecule has 1 aliphatic rings. The van der Waals surface area contributed by atoms with Crippen LogP contribution in [-0.2, 0) is 9.53 Å². The zero-order chi connectivity index (χ0) is 10.6. The zero-order valence-corrected chi connectivity index (χ0v) is 8.88. The maximum Gasteiger partial charge on any atom is 0.338 e. The van der Waals surface area contributed by atoms with Crippen LogP contribution in [0.25, 0.3) is 0 Å². The number of methoxy groups -OCH3 is 1. The molecule has 0 aromatic rings. The first kappa shape index (κ1) is 11.5. The van der Waals surface area contributed by atoms with E-state index in [9.17, 15) is 9.90 Å². The molecule has 2 N–H and O–H groups in total. The lowest BCUT2D eigenvalue weighted by atomic mass is 9.85. The Morgan fingerprint density at radius 3 is 2.71 bits per heavy atom. The van der Waals surface area contributed by atoms with Crippen LogP contribution in [0.1, 0.15) is 26.2 Å². The summed E-state index contributed by atoms with van der Waals surface area (Å²) in [4.78, 5) is 11.1. The number of hydrogen-bond acceptors (Lipinski definition) is 4. The Bertz CT molecular complexity index is 200. The van der Waals surface area contributed by atoms with Crippen LogP contribution in [0.3, 0.4) is 0 Å². The molecule has 4 nitrogen and oxygen atoms in total. The molecule has 82 valence electrons. The monoisotopic (exact) mass is 201 g/mol. The van der Waals surface area contributed by atoms with E-state index in [0.717, 1.165) is 12.5 Å². The van der Waals surface area contributed by atoms with Crippen LogP contribution in [-0.4, -0.2) is 36.9 Å². The third-order valence-electron chi connectivity index (χ3n) is 2.75. The van der Waals surface area contributed by atoms with E-state index >= 15 is 0 Å². The fourth-order valence-corrected chi connectivity index (χ4v) is 1.51. The van der Waals surface area contributed by atoms with Gasteiger partial charge in [0.05, 0.1) is 7.11 Å². The van der Waals surface area contributed by atoms with Gasteiger partial charge in [0.15, 0.2) is 5.60 Å². The first-order valence-electron chi connectivity index (χ1n) is 5.08. The summed E-state index contributed by atoms with van der Waals surface area (Å²) in [5.41, 5.74) is -1.40. The smallest absolute Gasteiger partial charge is 0.338 e. The molecule has 0 bridgehead atoms. The Morgan fingerprint density at radius 2 is 2.29 bits per heavy atom. The topological polar surface area (TPSA) is 58.6 Å². The molecule has 1 saturated carbocycles. The van der Waals surface area contributed by atoms with Crippen molar-refractivity contribution in [3.05, 3.63) is 0 Å². The van der Waals surface area contributed by atoms with E-state index in [1.54, 1.807) is 0 Å². The molecular formula is C10H19NO3. The average Bonchev–Trinajstić information content (AvgIpc) is 2.08. The van der Waals surface area contributed by atoms with Crippen molar-refractivity contribution in [2.45, 2.75) is 31.8 Å². The molecule has 1 fully saturated rings. The van der Waals surface area contributed by atoms with E-state index in [4.69, 9.17) is 0 Å². The number of nitrogens with one attached hydrogen (secondary N) is 1. The highest BCUT2D eigenvalue weighted by Gasteiger charge is 2.31. The van der Waals surface area contributed by atoms with Crippen molar-refractivity contribution >= 4 is 5.97 Å². The SMILES string of the molecule is COC(=O)C(C)(O)CNCC1CCC1. The molecule has 1 atom stereocenters. The highest BCUT2D eigenvalue weighted by atomic mass is 16.5. The normalized spacial score (nSPS) is 21.1. The quantitative estimate of drug-likeness (QED) is 0.628. The first-order valence-corrected chi connectivity index (χ1v) is 5.08. The van der Waals surface area contributed by atoms with Crippen molar-refractivity contribution in [2.24, 2.45) is 5.92 Å². The van der Waals surface area contributed by atoms with E-state index in [0.29, 0.717) is 0 Å². The number of carbonyl (C=O) groups is 1. The van der Waals surface area contributed by atoms with Crippen molar-refractivity contribution in [3.63, 3.8) is 0 Å². The largest absolute Gasteiger partial charge is 0.467 e. The number of ether oxygens (including phenoxy) is 1. The molecule has 14 heavy (non-hydrogen) atoms. The Hall–Kier alpha value is -0.610. The molecule has 0 radical (unpaired) electrons. The first-order chi connectivity index (χ1) is 6.56. The summed E-state index contributed by atoms with van der Waals surface area (Å²) < 4.78 is 4.48. The molecule has 0 amide bonds. The van der Waals surface area contributed by atoms with Gasteiger partial charge in [-0.1, -0.05) is 6.42 Å². The highest BCUT2D eigenvalue weighted by Crippen LogP contribution is 2.25. The second-order valence-electron chi connectivity index (χ2n) is 4.19. The molecule has 0 aromatic heterocycles. The summed E-state index contributed by atoms with van der Waals surface area (Å²) in [6.07, 6.45) is 3.82. The number of aliphatic hydroxyl groups is 1. The van der Waals surface area contributed by atoms with Gasteiger partial charge in [-0.25, -0.2) is 4.79 Å². The summed E-state index contributed by atoms with van der Waals surface area (Å²) in [6, 6.07) is 0. The number of esters is 1. The van der Waals surface area contributed by atoms with Crippen molar-refractivity contribution in [2.75, 3.05) is 20.2 Å². The summed E-state index contributed by atoms with van der Waals surface area (Å²) in [5.74, 6) is 0.141. The van der Waals surface area contributed by atoms with Gasteiger partial charge in [0.1, 0.15) is 0 Å². The van der Waals surface area contributed by atoms with E-state index < -0.39 is 11.6 Å². The molecule has 0 aliphatic heterocycles. The van der Waals surface area contributed by atoms with Crippen molar-refractivity contribution < 1.29 is 14.6 Å². The van der Waals surface area contributed by atoms with Gasteiger partial charge in [-0.15, -0.1) is 0 Å². The van der Waals surface area contributed by atoms with Crippen LogP contribution in [0.2, 0.25) is 0 Å². The van der Waals surface area contributed by atoms with Crippen LogP contribution in [0.5, 0.6) is 0 Å². The zero-order valence-electron chi connectivity index (χ0n) is 8.88. The number of carbonyl (C=O) groups excluding carboxylic acids is 1. The lowest BCUT2D eigenvalue weighted by molar-refractivity contribution is -0.159. The molecule has 0 spiro atoms. The Labute approximate surface area is 84.6 Å². The van der Waals surface area contributed by atoms with Gasteiger partial charge >= 0.3 is 5.97 Å². The molecule has 1 aliphatic carbocycles. The predicted octanol–water partition coefficient (Wildman–Crippen LogP) is 0.300. The van der Waals surface area contributed by atoms with E-state index in [-0.39, 0.29) is 6.54 Å². The van der Waals surface area contributed by atoms with Crippen LogP contribution in [0.4, 0.5) is 0 Å². The van der Waals surface area contributed by atoms with Gasteiger partial charge in [0.25, 0.3) is 0 Å². The fourth-order valence-electron chi connectivity index (χ4n) is 1.51. The van der Waals surface area contributed by atoms with Crippen molar-refractivity contribution in [1.29, 1.82) is 0 Å². The molecule has 0 heterocycles. The van der Waals surface area contributed by atoms with E-state index in [1.807, 2.05) is 0 Å². The van der Waals surface area contributed by atoms with Gasteiger partial charge in [-0.05, 0) is 32.2 Å². The molecular weight excluding hydrogens is 182 g/mol. The maximum absolute atomic E-state index is 11.1. The second-order valence-corrected chi connectivity index (χ2v) is 4.19. The highest BCUT2D eigenvalue weighted by molar-refractivity contribution is 5.78. The van der Waals surface area contributed by atoms with Crippen LogP contribution in [0.15, 0.2) is 0 Å². The molecule has 4 heteroatoms. The molecule has 0 saturated heterocycles. The minimum atomic E-state index is -1.40. The predicted molar refractivity (Wildman–Crippen MR) is 52.9 cm³/mol. The Morgan fingerprint density at radius 1 is 1.64 bits per heavy atom. The van der Waals surface area contributed by atoms with Gasteiger partial charge in [-0.2, -0.15) is 0 Å². The summed E-state index contributed by atoms with van der Waals surface area (Å²) in [6.45, 7) is 2.61. The Balaban J connectivity index is 2.17. The summed E-state index contributed by atoms with van der Waals surface area (Å²) in [7, 11) is 1.28. The van der Waals surface area contributed by atoms with E-state index in [2.05, 4.69) is 10.1 Å². The second kappa shape index (κ2) is 4.75. The fraction of sp³-hybridized carbons (Fsp3) is 0.900. The standard InChI is InChI=1S/C10H19NO3/c1-10(13,9(12)14-2)7-11-6-8-4-3-5-8/h8,11,13H,3-7H2,1-2H3. The molecule has 1 unspecified atom stereocenters. The third-order valence-corrected chi connectivity index (χ3v) is 2.75. The van der Waals surface area contributed by atoms with Gasteiger partial charge in [0, 0.05) is 6.54 Å². The minimum absolute atomic E-state index is 0.260. The van der Waals surface area contributed by atoms with Crippen molar-refractivity contribution in [3.8, 4) is 0 Å². The summed E-state index contributed by atoms with van der Waals surface area (Å²) >= 11 is 0. The van der Waals surface area contributed by atoms with Crippen LogP contribution < -0.4 is 5.32 Å². The maximum atomic E-state index is 11.1. The Kier molecular flexibility index (Phi) is 3.89. The molecule has 0 aromatic carbocycles. The third kappa shape index (κ3) is 2.96. The van der Waals surface area contributed by atoms with Gasteiger partial charge < -0.3 is 15.2 Å². The minimum Gasteiger partial charge on any atom is -0.467 e. The average molecular weight is 201 g/mol. The summed E-state index contributed by atoms with van der Waals surface area (Å²) in [5, 5.41) is 12.7. The van der Waals surface area contributed by atoms with Gasteiger partial charge in [-0.3, -0.25) is 0 Å². The van der Waals surface area contributed by atoms with Gasteiger partial charge in [0.2, 0.25) is 0 Å². The lowest BCUT2D eigenvalue weighted by Crippen LogP contribution is -2.47. The van der Waals surface area contributed by atoms with Crippen LogP contribution in [0, 0.1) is 5.92 Å². The molecule has 1 rings (SSSR count). The number of rotatable bonds is 5. The van der Waals surface area contributed by atoms with Crippen LogP contribution >= 0.6 is 0 Å². The lowest BCUT2D eigenvalue weighted by Gasteiger charge is -2.27. The van der Waals surface area contributed by atoms with Crippen molar-refractivity contribution in [1.82, 2.24) is 5.32 Å².